The van der Waals surface area contributed by atoms with E-state index < -0.39 is 28.1 Å². The van der Waals surface area contributed by atoms with Crippen molar-refractivity contribution in [2.45, 2.75) is 50.6 Å². The Labute approximate surface area is 193 Å². The van der Waals surface area contributed by atoms with E-state index in [4.69, 9.17) is 16.7 Å². The second kappa shape index (κ2) is 9.60. The molecule has 1 saturated heterocycles. The molecule has 0 aromatic heterocycles. The van der Waals surface area contributed by atoms with Gasteiger partial charge in [-0.3, -0.25) is 9.59 Å². The maximum Gasteiger partial charge on any atom is 0.307 e. The predicted octanol–water partition coefficient (Wildman–Crippen LogP) is 3.13. The van der Waals surface area contributed by atoms with Crippen LogP contribution in [0.2, 0.25) is 5.02 Å². The van der Waals surface area contributed by atoms with E-state index in [1.54, 1.807) is 62.1 Å². The summed E-state index contributed by atoms with van der Waals surface area (Å²) in [6, 6.07) is 10.9. The number of hydrogen-bond acceptors (Lipinski definition) is 4. The number of hydrogen-bond donors (Lipinski definition) is 1. The van der Waals surface area contributed by atoms with Gasteiger partial charge in [0.25, 0.3) is 0 Å². The Kier molecular flexibility index (Phi) is 7.27. The highest BCUT2D eigenvalue weighted by Gasteiger charge is 2.39. The number of benzene rings is 2. The molecule has 2 aromatic rings. The molecule has 0 saturated carbocycles. The van der Waals surface area contributed by atoms with Crippen LogP contribution in [0.5, 0.6) is 0 Å². The van der Waals surface area contributed by atoms with E-state index in [0.29, 0.717) is 16.1 Å². The van der Waals surface area contributed by atoms with Crippen molar-refractivity contribution in [2.75, 3.05) is 13.1 Å². The van der Waals surface area contributed by atoms with E-state index in [0.717, 1.165) is 5.56 Å². The van der Waals surface area contributed by atoms with Crippen molar-refractivity contribution >= 4 is 33.5 Å². The minimum absolute atomic E-state index is 0.0672. The summed E-state index contributed by atoms with van der Waals surface area (Å²) in [7, 11) is -3.87. The number of amides is 1. The molecule has 3 rings (SSSR count). The number of carboxylic acids is 1. The second-order valence-corrected chi connectivity index (χ2v) is 10.6. The van der Waals surface area contributed by atoms with Gasteiger partial charge in [0.15, 0.2) is 0 Å². The molecule has 1 heterocycles. The van der Waals surface area contributed by atoms with Crippen molar-refractivity contribution in [2.24, 2.45) is 0 Å². The topological polar surface area (TPSA) is 95.0 Å². The van der Waals surface area contributed by atoms with Crippen LogP contribution in [0, 0.1) is 6.92 Å². The zero-order chi connectivity index (χ0) is 23.6. The summed E-state index contributed by atoms with van der Waals surface area (Å²) in [5, 5.41) is 9.68. The standard InChI is InChI=1S/C23H27ClN2O5S/c1-15-8-19(12-23(28)29)10-21(9-15)32(30,31)26-16(2)13-25(14-17(26)3)22(27)11-18-4-6-20(24)7-5-18/h4-10,16-17H,11-14H2,1-3H3,(H,28,29). The molecule has 172 valence electrons. The first-order chi connectivity index (χ1) is 15.0. The van der Waals surface area contributed by atoms with Crippen LogP contribution in [0.15, 0.2) is 47.4 Å². The Hall–Kier alpha value is -2.42. The van der Waals surface area contributed by atoms with Gasteiger partial charge in [0.1, 0.15) is 0 Å². The third-order valence-electron chi connectivity index (χ3n) is 5.50. The third-order valence-corrected chi connectivity index (χ3v) is 7.86. The fourth-order valence-electron chi connectivity index (χ4n) is 4.25. The van der Waals surface area contributed by atoms with Crippen LogP contribution < -0.4 is 0 Å². The summed E-state index contributed by atoms with van der Waals surface area (Å²) in [6.07, 6.45) is -0.0257. The van der Waals surface area contributed by atoms with Crippen LogP contribution in [0.25, 0.3) is 0 Å². The molecule has 32 heavy (non-hydrogen) atoms. The Morgan fingerprint density at radius 3 is 2.16 bits per heavy atom. The Balaban J connectivity index is 1.79. The SMILES string of the molecule is Cc1cc(CC(=O)O)cc(S(=O)(=O)N2C(C)CN(C(=O)Cc3ccc(Cl)cc3)CC2C)c1. The van der Waals surface area contributed by atoms with Gasteiger partial charge in [0.05, 0.1) is 17.7 Å². The molecule has 0 spiro atoms. The number of aryl methyl sites for hydroxylation is 1. The van der Waals surface area contributed by atoms with E-state index in [-0.39, 0.29) is 36.7 Å². The van der Waals surface area contributed by atoms with E-state index in [1.165, 1.54) is 10.4 Å². The first-order valence-electron chi connectivity index (χ1n) is 10.4. The normalized spacial score (nSPS) is 19.7. The molecule has 2 aromatic carbocycles. The number of carbonyl (C=O) groups is 2. The minimum atomic E-state index is -3.87. The fourth-order valence-corrected chi connectivity index (χ4v) is 6.33. The second-order valence-electron chi connectivity index (χ2n) is 8.36. The largest absolute Gasteiger partial charge is 0.481 e. The highest BCUT2D eigenvalue weighted by atomic mass is 35.5. The Morgan fingerprint density at radius 2 is 1.59 bits per heavy atom. The number of rotatable bonds is 6. The summed E-state index contributed by atoms with van der Waals surface area (Å²) in [4.78, 5) is 25.7. The van der Waals surface area contributed by atoms with E-state index in [1.807, 2.05) is 0 Å². The Morgan fingerprint density at radius 1 is 1.00 bits per heavy atom. The van der Waals surface area contributed by atoms with Gasteiger partial charge < -0.3 is 10.0 Å². The maximum absolute atomic E-state index is 13.5. The molecule has 1 fully saturated rings. The van der Waals surface area contributed by atoms with Crippen LogP contribution in [-0.2, 0) is 32.5 Å². The first-order valence-corrected chi connectivity index (χ1v) is 12.2. The van der Waals surface area contributed by atoms with Gasteiger partial charge in [-0.2, -0.15) is 4.31 Å². The molecule has 1 N–H and O–H groups in total. The molecule has 2 unspecified atom stereocenters. The smallest absolute Gasteiger partial charge is 0.307 e. The van der Waals surface area contributed by atoms with Crippen LogP contribution in [0.1, 0.15) is 30.5 Å². The quantitative estimate of drug-likeness (QED) is 0.688. The molecule has 0 radical (unpaired) electrons. The molecule has 0 aliphatic carbocycles. The summed E-state index contributed by atoms with van der Waals surface area (Å²) in [5.41, 5.74) is 1.97. The van der Waals surface area contributed by atoms with Crippen molar-refractivity contribution in [3.05, 3.63) is 64.2 Å². The molecule has 1 aliphatic rings. The molecule has 9 heteroatoms. The van der Waals surface area contributed by atoms with Crippen LogP contribution in [-0.4, -0.2) is 59.8 Å². The van der Waals surface area contributed by atoms with Crippen molar-refractivity contribution in [1.29, 1.82) is 0 Å². The van der Waals surface area contributed by atoms with Gasteiger partial charge in [-0.05, 0) is 61.7 Å². The summed E-state index contributed by atoms with van der Waals surface area (Å²) in [6.45, 7) is 5.87. The van der Waals surface area contributed by atoms with Gasteiger partial charge in [0, 0.05) is 30.2 Å². The van der Waals surface area contributed by atoms with Gasteiger partial charge in [-0.1, -0.05) is 29.8 Å². The van der Waals surface area contributed by atoms with E-state index in [9.17, 15) is 18.0 Å². The summed E-state index contributed by atoms with van der Waals surface area (Å²) < 4.78 is 28.3. The van der Waals surface area contributed by atoms with Gasteiger partial charge in [0.2, 0.25) is 15.9 Å². The molecule has 2 atom stereocenters. The molecular formula is C23H27ClN2O5S. The van der Waals surface area contributed by atoms with Crippen molar-refractivity contribution < 1.29 is 23.1 Å². The highest BCUT2D eigenvalue weighted by molar-refractivity contribution is 7.89. The van der Waals surface area contributed by atoms with Crippen molar-refractivity contribution in [3.8, 4) is 0 Å². The van der Waals surface area contributed by atoms with Crippen LogP contribution >= 0.6 is 11.6 Å². The number of piperazine rings is 1. The number of sulfonamides is 1. The molecular weight excluding hydrogens is 452 g/mol. The Bertz CT molecular complexity index is 1110. The number of nitrogens with zero attached hydrogens (tertiary/aromatic N) is 2. The van der Waals surface area contributed by atoms with Gasteiger partial charge in [-0.15, -0.1) is 0 Å². The average Bonchev–Trinajstić information content (AvgIpc) is 2.68. The van der Waals surface area contributed by atoms with Crippen LogP contribution in [0.3, 0.4) is 0 Å². The number of aliphatic carboxylic acids is 1. The molecule has 7 nitrogen and oxygen atoms in total. The summed E-state index contributed by atoms with van der Waals surface area (Å²) in [5.74, 6) is -1.09. The molecule has 1 amide bonds. The van der Waals surface area contributed by atoms with Crippen LogP contribution in [0.4, 0.5) is 0 Å². The first kappa shape index (κ1) is 24.2. The minimum Gasteiger partial charge on any atom is -0.481 e. The lowest BCUT2D eigenvalue weighted by Gasteiger charge is -2.43. The lowest BCUT2D eigenvalue weighted by Crippen LogP contribution is -2.59. The predicted molar refractivity (Wildman–Crippen MR) is 122 cm³/mol. The van der Waals surface area contributed by atoms with E-state index in [2.05, 4.69) is 0 Å². The van der Waals surface area contributed by atoms with Crippen molar-refractivity contribution in [3.63, 3.8) is 0 Å². The van der Waals surface area contributed by atoms with E-state index >= 15 is 0 Å². The zero-order valence-electron chi connectivity index (χ0n) is 18.3. The highest BCUT2D eigenvalue weighted by Crippen LogP contribution is 2.27. The summed E-state index contributed by atoms with van der Waals surface area (Å²) >= 11 is 5.90. The lowest BCUT2D eigenvalue weighted by molar-refractivity contribution is -0.136. The number of halogens is 1. The monoisotopic (exact) mass is 478 g/mol. The zero-order valence-corrected chi connectivity index (χ0v) is 19.9. The van der Waals surface area contributed by atoms with Gasteiger partial charge in [-0.25, -0.2) is 8.42 Å². The number of carboxylic acid groups (broad SMARTS) is 1. The molecule has 1 aliphatic heterocycles. The van der Waals surface area contributed by atoms with Crippen molar-refractivity contribution in [1.82, 2.24) is 9.21 Å². The average molecular weight is 479 g/mol. The maximum atomic E-state index is 13.5. The van der Waals surface area contributed by atoms with Gasteiger partial charge >= 0.3 is 5.97 Å². The lowest BCUT2D eigenvalue weighted by atomic mass is 10.1. The fraction of sp³-hybridized carbons (Fsp3) is 0.391. The third kappa shape index (κ3) is 5.49. The number of carbonyl (C=O) groups excluding carboxylic acids is 1. The molecule has 0 bridgehead atoms.